The van der Waals surface area contributed by atoms with Crippen LogP contribution in [0, 0.1) is 13.8 Å². The summed E-state index contributed by atoms with van der Waals surface area (Å²) in [7, 11) is 0. The van der Waals surface area contributed by atoms with Crippen molar-refractivity contribution in [3.63, 3.8) is 0 Å². The van der Waals surface area contributed by atoms with Crippen LogP contribution in [0.3, 0.4) is 0 Å². The van der Waals surface area contributed by atoms with Crippen molar-refractivity contribution in [3.8, 4) is 0 Å². The maximum absolute atomic E-state index is 3.65. The van der Waals surface area contributed by atoms with Crippen LogP contribution in [-0.4, -0.2) is 0 Å². The van der Waals surface area contributed by atoms with Crippen molar-refractivity contribution >= 4 is 43.0 Å². The van der Waals surface area contributed by atoms with Crippen LogP contribution in [0.4, 0.5) is 5.69 Å². The zero-order valence-electron chi connectivity index (χ0n) is 12.4. The third kappa shape index (κ3) is 2.72. The first-order valence-electron chi connectivity index (χ1n) is 7.07. The number of nitrogens with one attached hydrogen (secondary N) is 1. The molecule has 3 aromatic rings. The number of hydrogen-bond acceptors (Lipinski definition) is 2. The minimum Gasteiger partial charge on any atom is -0.377 e. The van der Waals surface area contributed by atoms with Crippen LogP contribution in [-0.2, 0) is 0 Å². The predicted octanol–water partition coefficient (Wildman–Crippen LogP) is 6.45. The Morgan fingerprint density at radius 1 is 1.00 bits per heavy atom. The largest absolute Gasteiger partial charge is 0.377 e. The fourth-order valence-electron chi connectivity index (χ4n) is 2.67. The maximum atomic E-state index is 3.65. The zero-order valence-corrected chi connectivity index (χ0v) is 14.8. The van der Waals surface area contributed by atoms with Crippen molar-refractivity contribution in [3.05, 3.63) is 62.9 Å². The second kappa shape index (κ2) is 5.82. The molecule has 3 heteroatoms. The van der Waals surface area contributed by atoms with Gasteiger partial charge in [-0.2, -0.15) is 0 Å². The Bertz CT molecular complexity index is 791. The van der Waals surface area contributed by atoms with Crippen LogP contribution in [0.25, 0.3) is 10.1 Å². The number of benzene rings is 2. The van der Waals surface area contributed by atoms with Gasteiger partial charge in [-0.05, 0) is 55.5 Å². The van der Waals surface area contributed by atoms with Crippen LogP contribution in [0.1, 0.15) is 29.0 Å². The summed E-state index contributed by atoms with van der Waals surface area (Å²) in [6.45, 7) is 6.59. The van der Waals surface area contributed by atoms with Crippen LogP contribution < -0.4 is 5.32 Å². The van der Waals surface area contributed by atoms with Gasteiger partial charge < -0.3 is 5.32 Å². The summed E-state index contributed by atoms with van der Waals surface area (Å²) in [6, 6.07) is 15.2. The molecule has 1 heterocycles. The van der Waals surface area contributed by atoms with Gasteiger partial charge in [-0.3, -0.25) is 0 Å². The first-order chi connectivity index (χ1) is 10.1. The Labute approximate surface area is 138 Å². The molecule has 1 unspecified atom stereocenters. The first kappa shape index (κ1) is 14.6. The molecule has 0 aliphatic carbocycles. The molecule has 0 saturated heterocycles. The van der Waals surface area contributed by atoms with E-state index in [9.17, 15) is 0 Å². The zero-order chi connectivity index (χ0) is 15.0. The van der Waals surface area contributed by atoms with E-state index in [4.69, 9.17) is 0 Å². The van der Waals surface area contributed by atoms with Crippen molar-refractivity contribution in [2.75, 3.05) is 5.32 Å². The molecule has 1 N–H and O–H groups in total. The lowest BCUT2D eigenvalue weighted by Gasteiger charge is -2.17. The molecule has 1 aromatic heterocycles. The number of hydrogen-bond donors (Lipinski definition) is 1. The van der Waals surface area contributed by atoms with E-state index in [1.165, 1.54) is 31.8 Å². The maximum Gasteiger partial charge on any atom is 0.0581 e. The standard InChI is InChI=1S/C18H18BrNS/c1-11-14-7-4-5-10-17(14)21-18(11)13(3)20-16-9-6-8-15(19)12(16)2/h4-10,13,20H,1-3H3. The third-order valence-electron chi connectivity index (χ3n) is 3.91. The molecule has 0 radical (unpaired) electrons. The molecule has 0 amide bonds. The molecule has 0 aliphatic heterocycles. The highest BCUT2D eigenvalue weighted by atomic mass is 79.9. The molecule has 0 fully saturated rings. The van der Waals surface area contributed by atoms with Crippen LogP contribution in [0.5, 0.6) is 0 Å². The van der Waals surface area contributed by atoms with Crippen molar-refractivity contribution in [2.24, 2.45) is 0 Å². The SMILES string of the molecule is Cc1c(Br)cccc1NC(C)c1sc2ccccc2c1C. The van der Waals surface area contributed by atoms with Crippen molar-refractivity contribution in [1.82, 2.24) is 0 Å². The summed E-state index contributed by atoms with van der Waals surface area (Å²) in [6.07, 6.45) is 0. The molecule has 1 atom stereocenters. The molecule has 3 rings (SSSR count). The van der Waals surface area contributed by atoms with Gasteiger partial charge in [0, 0.05) is 19.7 Å². The Morgan fingerprint density at radius 2 is 1.76 bits per heavy atom. The fraction of sp³-hybridized carbons (Fsp3) is 0.222. The summed E-state index contributed by atoms with van der Waals surface area (Å²) in [5.74, 6) is 0. The number of fused-ring (bicyclic) bond motifs is 1. The Balaban J connectivity index is 1.95. The number of aryl methyl sites for hydroxylation is 1. The molecule has 1 nitrogen and oxygen atoms in total. The normalized spacial score (nSPS) is 12.6. The smallest absolute Gasteiger partial charge is 0.0581 e. The topological polar surface area (TPSA) is 12.0 Å². The van der Waals surface area contributed by atoms with E-state index >= 15 is 0 Å². The van der Waals surface area contributed by atoms with E-state index in [1.807, 2.05) is 11.3 Å². The minimum absolute atomic E-state index is 0.301. The first-order valence-corrected chi connectivity index (χ1v) is 8.68. The predicted molar refractivity (Wildman–Crippen MR) is 97.5 cm³/mol. The Kier molecular flexibility index (Phi) is 4.05. The van der Waals surface area contributed by atoms with Crippen LogP contribution in [0.15, 0.2) is 46.9 Å². The fourth-order valence-corrected chi connectivity index (χ4v) is 4.25. The minimum atomic E-state index is 0.301. The average molecular weight is 360 g/mol. The lowest BCUT2D eigenvalue weighted by atomic mass is 10.1. The van der Waals surface area contributed by atoms with Gasteiger partial charge in [0.2, 0.25) is 0 Å². The van der Waals surface area contributed by atoms with E-state index < -0.39 is 0 Å². The highest BCUT2D eigenvalue weighted by molar-refractivity contribution is 9.10. The lowest BCUT2D eigenvalue weighted by molar-refractivity contribution is 0.898. The molecule has 108 valence electrons. The summed E-state index contributed by atoms with van der Waals surface area (Å²) >= 11 is 5.48. The third-order valence-corrected chi connectivity index (χ3v) is 6.23. The highest BCUT2D eigenvalue weighted by Crippen LogP contribution is 2.36. The lowest BCUT2D eigenvalue weighted by Crippen LogP contribution is -2.07. The van der Waals surface area contributed by atoms with Gasteiger partial charge in [-0.1, -0.05) is 40.2 Å². The van der Waals surface area contributed by atoms with Crippen LogP contribution in [0.2, 0.25) is 0 Å². The number of halogens is 1. The van der Waals surface area contributed by atoms with E-state index in [0.717, 1.165) is 4.47 Å². The molecule has 0 spiro atoms. The van der Waals surface area contributed by atoms with Gasteiger partial charge in [0.15, 0.2) is 0 Å². The molecular weight excluding hydrogens is 342 g/mol. The van der Waals surface area contributed by atoms with Gasteiger partial charge in [0.05, 0.1) is 6.04 Å². The molecule has 0 bridgehead atoms. The van der Waals surface area contributed by atoms with Crippen LogP contribution >= 0.6 is 27.3 Å². The molecule has 0 aliphatic rings. The van der Waals surface area contributed by atoms with Gasteiger partial charge in [-0.15, -0.1) is 11.3 Å². The van der Waals surface area contributed by atoms with Crippen molar-refractivity contribution in [1.29, 1.82) is 0 Å². The van der Waals surface area contributed by atoms with E-state index in [2.05, 4.69) is 84.5 Å². The van der Waals surface area contributed by atoms with Gasteiger partial charge in [0.1, 0.15) is 0 Å². The van der Waals surface area contributed by atoms with Gasteiger partial charge >= 0.3 is 0 Å². The molecule has 2 aromatic carbocycles. The second-order valence-corrected chi connectivity index (χ2v) is 7.30. The summed E-state index contributed by atoms with van der Waals surface area (Å²) in [4.78, 5) is 1.41. The van der Waals surface area contributed by atoms with Crippen molar-refractivity contribution in [2.45, 2.75) is 26.8 Å². The number of rotatable bonds is 3. The van der Waals surface area contributed by atoms with E-state index in [1.54, 1.807) is 0 Å². The Morgan fingerprint density at radius 3 is 2.52 bits per heavy atom. The monoisotopic (exact) mass is 359 g/mol. The average Bonchev–Trinajstić information content (AvgIpc) is 2.82. The van der Waals surface area contributed by atoms with E-state index in [-0.39, 0.29) is 0 Å². The number of anilines is 1. The Hall–Kier alpha value is -1.32. The summed E-state index contributed by atoms with van der Waals surface area (Å²) < 4.78 is 2.51. The summed E-state index contributed by atoms with van der Waals surface area (Å²) in [5, 5.41) is 5.02. The molecular formula is C18H18BrNS. The van der Waals surface area contributed by atoms with Gasteiger partial charge in [-0.25, -0.2) is 0 Å². The highest BCUT2D eigenvalue weighted by Gasteiger charge is 2.15. The summed E-state index contributed by atoms with van der Waals surface area (Å²) in [5.41, 5.74) is 3.83. The number of thiophene rings is 1. The van der Waals surface area contributed by atoms with E-state index in [0.29, 0.717) is 6.04 Å². The quantitative estimate of drug-likeness (QED) is 0.566. The van der Waals surface area contributed by atoms with Crippen molar-refractivity contribution < 1.29 is 0 Å². The second-order valence-electron chi connectivity index (χ2n) is 5.37. The van der Waals surface area contributed by atoms with Gasteiger partial charge in [0.25, 0.3) is 0 Å². The molecule has 21 heavy (non-hydrogen) atoms. The molecule has 0 saturated carbocycles.